The van der Waals surface area contributed by atoms with Gasteiger partial charge in [0.25, 0.3) is 0 Å². The summed E-state index contributed by atoms with van der Waals surface area (Å²) in [6, 6.07) is 9.99. The maximum atomic E-state index is 12.8. The highest BCUT2D eigenvalue weighted by Crippen LogP contribution is 2.29. The predicted molar refractivity (Wildman–Crippen MR) is 77.6 cm³/mol. The Bertz CT molecular complexity index is 439. The number of likely N-dealkylation sites (tertiary alicyclic amines) is 1. The van der Waals surface area contributed by atoms with Crippen LogP contribution in [0.2, 0.25) is 0 Å². The lowest BCUT2D eigenvalue weighted by Crippen LogP contribution is -2.53. The molecule has 0 saturated carbocycles. The van der Waals surface area contributed by atoms with Crippen LogP contribution in [0.1, 0.15) is 39.2 Å². The average Bonchev–Trinajstić information content (AvgIpc) is 2.88. The zero-order valence-corrected chi connectivity index (χ0v) is 12.1. The van der Waals surface area contributed by atoms with Crippen LogP contribution in [-0.4, -0.2) is 23.4 Å². The van der Waals surface area contributed by atoms with E-state index in [-0.39, 0.29) is 5.91 Å². The third-order valence-corrected chi connectivity index (χ3v) is 4.15. The van der Waals surface area contributed by atoms with E-state index < -0.39 is 5.54 Å². The Hall–Kier alpha value is -1.35. The summed E-state index contributed by atoms with van der Waals surface area (Å²) in [6.07, 6.45) is 2.17. The molecule has 0 radical (unpaired) electrons. The number of hydrogen-bond acceptors (Lipinski definition) is 2. The van der Waals surface area contributed by atoms with Crippen LogP contribution in [0.3, 0.4) is 0 Å². The molecule has 1 aliphatic rings. The van der Waals surface area contributed by atoms with Crippen LogP contribution >= 0.6 is 0 Å². The fourth-order valence-electron chi connectivity index (χ4n) is 2.94. The van der Waals surface area contributed by atoms with E-state index in [9.17, 15) is 4.79 Å². The first-order chi connectivity index (χ1) is 8.94. The summed E-state index contributed by atoms with van der Waals surface area (Å²) in [5.74, 6) is 0.535. The summed E-state index contributed by atoms with van der Waals surface area (Å²) in [5.41, 5.74) is 6.28. The van der Waals surface area contributed by atoms with Crippen molar-refractivity contribution >= 4 is 5.91 Å². The molecule has 0 aliphatic carbocycles. The molecule has 19 heavy (non-hydrogen) atoms. The number of carbonyl (C=O) groups excluding carboxylic acids is 1. The zero-order chi connectivity index (χ0) is 14.0. The number of rotatable bonds is 3. The minimum absolute atomic E-state index is 0.0508. The van der Waals surface area contributed by atoms with Crippen LogP contribution in [0.5, 0.6) is 0 Å². The predicted octanol–water partition coefficient (Wildman–Crippen LogP) is 2.51. The maximum Gasteiger partial charge on any atom is 0.247 e. The lowest BCUT2D eigenvalue weighted by atomic mass is 9.90. The van der Waals surface area contributed by atoms with Gasteiger partial charge in [0.1, 0.15) is 5.54 Å². The molecule has 3 nitrogen and oxygen atoms in total. The molecule has 1 amide bonds. The van der Waals surface area contributed by atoms with E-state index in [4.69, 9.17) is 5.73 Å². The summed E-state index contributed by atoms with van der Waals surface area (Å²) in [6.45, 7) is 7.00. The smallest absolute Gasteiger partial charge is 0.247 e. The summed E-state index contributed by atoms with van der Waals surface area (Å²) < 4.78 is 0. The Kier molecular flexibility index (Phi) is 3.95. The van der Waals surface area contributed by atoms with E-state index in [0.29, 0.717) is 12.0 Å². The van der Waals surface area contributed by atoms with Crippen LogP contribution in [0.4, 0.5) is 0 Å². The summed E-state index contributed by atoms with van der Waals surface area (Å²) >= 11 is 0. The molecule has 0 aromatic heterocycles. The molecule has 0 spiro atoms. The molecule has 104 valence electrons. The van der Waals surface area contributed by atoms with Crippen molar-refractivity contribution in [1.29, 1.82) is 0 Å². The van der Waals surface area contributed by atoms with Crippen LogP contribution in [0.25, 0.3) is 0 Å². The lowest BCUT2D eigenvalue weighted by molar-refractivity contribution is -0.138. The second kappa shape index (κ2) is 5.33. The normalized spacial score (nSPS) is 22.6. The summed E-state index contributed by atoms with van der Waals surface area (Å²) in [4.78, 5) is 14.8. The van der Waals surface area contributed by atoms with Gasteiger partial charge in [0.05, 0.1) is 0 Å². The maximum absolute atomic E-state index is 12.8. The Balaban J connectivity index is 2.23. The Morgan fingerprint density at radius 2 is 2.00 bits per heavy atom. The molecule has 1 saturated heterocycles. The van der Waals surface area contributed by atoms with E-state index in [1.807, 2.05) is 42.2 Å². The second-order valence-corrected chi connectivity index (χ2v) is 6.02. The Morgan fingerprint density at radius 3 is 2.58 bits per heavy atom. The van der Waals surface area contributed by atoms with Gasteiger partial charge in [-0.25, -0.2) is 0 Å². The first-order valence-electron chi connectivity index (χ1n) is 7.10. The van der Waals surface area contributed by atoms with Crippen LogP contribution in [-0.2, 0) is 10.3 Å². The highest BCUT2D eigenvalue weighted by Gasteiger charge is 2.40. The van der Waals surface area contributed by atoms with Crippen molar-refractivity contribution < 1.29 is 4.79 Å². The Morgan fingerprint density at radius 1 is 1.37 bits per heavy atom. The SMILES string of the molecule is CC(C)C1CCCN1C(=O)C(C)(N)c1ccccc1. The second-order valence-electron chi connectivity index (χ2n) is 6.02. The summed E-state index contributed by atoms with van der Waals surface area (Å²) in [5, 5.41) is 0. The van der Waals surface area contributed by atoms with E-state index in [2.05, 4.69) is 13.8 Å². The Labute approximate surface area is 115 Å². The minimum atomic E-state index is -0.932. The van der Waals surface area contributed by atoms with Crippen molar-refractivity contribution in [3.8, 4) is 0 Å². The molecule has 0 bridgehead atoms. The van der Waals surface area contributed by atoms with Gasteiger partial charge in [0.15, 0.2) is 0 Å². The van der Waals surface area contributed by atoms with Gasteiger partial charge in [-0.3, -0.25) is 4.79 Å². The molecule has 1 fully saturated rings. The summed E-state index contributed by atoms with van der Waals surface area (Å²) in [7, 11) is 0. The minimum Gasteiger partial charge on any atom is -0.338 e. The average molecular weight is 260 g/mol. The molecule has 2 rings (SSSR count). The van der Waals surface area contributed by atoms with Crippen LogP contribution in [0.15, 0.2) is 30.3 Å². The first kappa shape index (κ1) is 14.1. The first-order valence-corrected chi connectivity index (χ1v) is 7.10. The molecular formula is C16H24N2O. The van der Waals surface area contributed by atoms with E-state index >= 15 is 0 Å². The van der Waals surface area contributed by atoms with Gasteiger partial charge in [0, 0.05) is 12.6 Å². The quantitative estimate of drug-likeness (QED) is 0.907. The van der Waals surface area contributed by atoms with Gasteiger partial charge in [0.2, 0.25) is 5.91 Å². The highest BCUT2D eigenvalue weighted by molar-refractivity contribution is 5.87. The molecule has 3 heteroatoms. The monoisotopic (exact) mass is 260 g/mol. The molecular weight excluding hydrogens is 236 g/mol. The van der Waals surface area contributed by atoms with Crippen molar-refractivity contribution in [2.24, 2.45) is 11.7 Å². The van der Waals surface area contributed by atoms with Gasteiger partial charge in [-0.15, -0.1) is 0 Å². The number of nitrogens with zero attached hydrogens (tertiary/aromatic N) is 1. The molecule has 2 atom stereocenters. The molecule has 1 aromatic rings. The zero-order valence-electron chi connectivity index (χ0n) is 12.1. The standard InChI is InChI=1S/C16H24N2O/c1-12(2)14-10-7-11-18(14)15(19)16(3,17)13-8-5-4-6-9-13/h4-6,8-9,12,14H,7,10-11,17H2,1-3H3. The molecule has 2 N–H and O–H groups in total. The van der Waals surface area contributed by atoms with Crippen molar-refractivity contribution in [2.75, 3.05) is 6.54 Å². The van der Waals surface area contributed by atoms with Gasteiger partial charge in [-0.05, 0) is 31.2 Å². The molecule has 1 aromatic carbocycles. The van der Waals surface area contributed by atoms with Gasteiger partial charge < -0.3 is 10.6 Å². The fourth-order valence-corrected chi connectivity index (χ4v) is 2.94. The fraction of sp³-hybridized carbons (Fsp3) is 0.562. The van der Waals surface area contributed by atoms with E-state index in [1.165, 1.54) is 0 Å². The van der Waals surface area contributed by atoms with Gasteiger partial charge in [-0.1, -0.05) is 44.2 Å². The van der Waals surface area contributed by atoms with Crippen molar-refractivity contribution in [1.82, 2.24) is 4.90 Å². The lowest BCUT2D eigenvalue weighted by Gasteiger charge is -2.35. The molecule has 1 heterocycles. The number of nitrogens with two attached hydrogens (primary N) is 1. The number of carbonyl (C=O) groups is 1. The number of amides is 1. The van der Waals surface area contributed by atoms with Gasteiger partial charge >= 0.3 is 0 Å². The van der Waals surface area contributed by atoms with Crippen LogP contribution < -0.4 is 5.73 Å². The van der Waals surface area contributed by atoms with Crippen molar-refractivity contribution in [2.45, 2.75) is 45.2 Å². The van der Waals surface area contributed by atoms with E-state index in [0.717, 1.165) is 24.9 Å². The third-order valence-electron chi connectivity index (χ3n) is 4.15. The van der Waals surface area contributed by atoms with Crippen LogP contribution in [0, 0.1) is 5.92 Å². The van der Waals surface area contributed by atoms with E-state index in [1.54, 1.807) is 0 Å². The highest BCUT2D eigenvalue weighted by atomic mass is 16.2. The topological polar surface area (TPSA) is 46.3 Å². The number of benzene rings is 1. The molecule has 2 unspecified atom stereocenters. The van der Waals surface area contributed by atoms with Gasteiger partial charge in [-0.2, -0.15) is 0 Å². The van der Waals surface area contributed by atoms with Crippen molar-refractivity contribution in [3.05, 3.63) is 35.9 Å². The number of hydrogen-bond donors (Lipinski definition) is 1. The molecule has 1 aliphatic heterocycles. The largest absolute Gasteiger partial charge is 0.338 e. The third kappa shape index (κ3) is 2.66. The van der Waals surface area contributed by atoms with Crippen molar-refractivity contribution in [3.63, 3.8) is 0 Å².